The third kappa shape index (κ3) is 3.98. The number of nitrogens with zero attached hydrogens (tertiary/aromatic N) is 1. The van der Waals surface area contributed by atoms with Crippen LogP contribution in [0.15, 0.2) is 54.7 Å². The van der Waals surface area contributed by atoms with Gasteiger partial charge in [-0.3, -0.25) is 9.78 Å². The Balaban J connectivity index is 1.89. The number of pyridine rings is 1. The van der Waals surface area contributed by atoms with Crippen LogP contribution in [-0.4, -0.2) is 32.2 Å². The number of amides is 1. The Morgan fingerprint density at radius 2 is 1.68 bits per heavy atom. The lowest BCUT2D eigenvalue weighted by Gasteiger charge is -2.14. The van der Waals surface area contributed by atoms with E-state index < -0.39 is 0 Å². The summed E-state index contributed by atoms with van der Waals surface area (Å²) >= 11 is 0. The highest BCUT2D eigenvalue weighted by atomic mass is 16.5. The van der Waals surface area contributed by atoms with Crippen molar-refractivity contribution in [3.05, 3.63) is 60.3 Å². The van der Waals surface area contributed by atoms with E-state index in [0.29, 0.717) is 39.9 Å². The van der Waals surface area contributed by atoms with E-state index in [1.54, 1.807) is 36.5 Å². The predicted octanol–water partition coefficient (Wildman–Crippen LogP) is 3.61. The molecule has 1 aromatic heterocycles. The van der Waals surface area contributed by atoms with E-state index in [1.165, 1.54) is 21.3 Å². The van der Waals surface area contributed by atoms with Gasteiger partial charge in [0.1, 0.15) is 0 Å². The van der Waals surface area contributed by atoms with Crippen molar-refractivity contribution in [3.8, 4) is 28.5 Å². The monoisotopic (exact) mass is 379 g/mol. The molecule has 0 spiro atoms. The van der Waals surface area contributed by atoms with Crippen LogP contribution in [0.2, 0.25) is 0 Å². The maximum atomic E-state index is 12.7. The van der Waals surface area contributed by atoms with Crippen molar-refractivity contribution in [2.24, 2.45) is 0 Å². The molecule has 7 nitrogen and oxygen atoms in total. The van der Waals surface area contributed by atoms with Crippen LogP contribution >= 0.6 is 0 Å². The highest BCUT2D eigenvalue weighted by Crippen LogP contribution is 2.40. The van der Waals surface area contributed by atoms with Crippen LogP contribution in [0.5, 0.6) is 17.2 Å². The van der Waals surface area contributed by atoms with E-state index in [-0.39, 0.29) is 5.91 Å². The van der Waals surface area contributed by atoms with Crippen molar-refractivity contribution in [3.63, 3.8) is 0 Å². The molecule has 0 aliphatic carbocycles. The molecular weight excluding hydrogens is 358 g/mol. The predicted molar refractivity (Wildman–Crippen MR) is 108 cm³/mol. The Labute approximate surface area is 163 Å². The van der Waals surface area contributed by atoms with Crippen LogP contribution in [0.1, 0.15) is 10.4 Å². The molecule has 0 unspecified atom stereocenters. The fourth-order valence-corrected chi connectivity index (χ4v) is 2.78. The van der Waals surface area contributed by atoms with Crippen molar-refractivity contribution >= 4 is 17.3 Å². The summed E-state index contributed by atoms with van der Waals surface area (Å²) < 4.78 is 15.9. The van der Waals surface area contributed by atoms with E-state index in [9.17, 15) is 4.79 Å². The van der Waals surface area contributed by atoms with Gasteiger partial charge in [-0.25, -0.2) is 0 Å². The zero-order valence-corrected chi connectivity index (χ0v) is 15.9. The first-order chi connectivity index (χ1) is 13.5. The largest absolute Gasteiger partial charge is 0.493 e. The summed E-state index contributed by atoms with van der Waals surface area (Å²) in [4.78, 5) is 17.1. The van der Waals surface area contributed by atoms with Crippen molar-refractivity contribution in [2.45, 2.75) is 0 Å². The molecule has 0 aliphatic heterocycles. The SMILES string of the molecule is COc1cc(NC(=O)c2ccnc(-c3cccc(N)c3)c2)cc(OC)c1OC. The van der Waals surface area contributed by atoms with Crippen LogP contribution < -0.4 is 25.3 Å². The van der Waals surface area contributed by atoms with Crippen LogP contribution in [-0.2, 0) is 0 Å². The average molecular weight is 379 g/mol. The van der Waals surface area contributed by atoms with Gasteiger partial charge in [0, 0.05) is 40.8 Å². The standard InChI is InChI=1S/C21H21N3O4/c1-26-18-11-16(12-19(27-2)20(18)28-3)24-21(25)14-7-8-23-17(10-14)13-5-4-6-15(22)9-13/h4-12H,22H2,1-3H3,(H,24,25). The summed E-state index contributed by atoms with van der Waals surface area (Å²) in [5.74, 6) is 1.07. The molecule has 0 saturated carbocycles. The van der Waals surface area contributed by atoms with Crippen LogP contribution in [0.3, 0.4) is 0 Å². The van der Waals surface area contributed by atoms with Crippen LogP contribution in [0.25, 0.3) is 11.3 Å². The zero-order chi connectivity index (χ0) is 20.1. The molecule has 2 aromatic carbocycles. The number of hydrogen-bond acceptors (Lipinski definition) is 6. The van der Waals surface area contributed by atoms with E-state index in [1.807, 2.05) is 18.2 Å². The smallest absolute Gasteiger partial charge is 0.255 e. The van der Waals surface area contributed by atoms with E-state index in [2.05, 4.69) is 10.3 Å². The number of ether oxygens (including phenoxy) is 3. The number of nitrogens with one attached hydrogen (secondary N) is 1. The molecule has 7 heteroatoms. The third-order valence-corrected chi connectivity index (χ3v) is 4.13. The molecule has 1 heterocycles. The van der Waals surface area contributed by atoms with Crippen molar-refractivity contribution in [2.75, 3.05) is 32.4 Å². The van der Waals surface area contributed by atoms with E-state index in [4.69, 9.17) is 19.9 Å². The van der Waals surface area contributed by atoms with Gasteiger partial charge >= 0.3 is 0 Å². The lowest BCUT2D eigenvalue weighted by molar-refractivity contribution is 0.102. The average Bonchev–Trinajstić information content (AvgIpc) is 2.73. The first-order valence-corrected chi connectivity index (χ1v) is 8.49. The van der Waals surface area contributed by atoms with Crippen molar-refractivity contribution in [1.82, 2.24) is 4.98 Å². The van der Waals surface area contributed by atoms with E-state index in [0.717, 1.165) is 5.56 Å². The second kappa shape index (κ2) is 8.30. The lowest BCUT2D eigenvalue weighted by atomic mass is 10.1. The van der Waals surface area contributed by atoms with Gasteiger partial charge in [-0.1, -0.05) is 12.1 Å². The number of hydrogen-bond donors (Lipinski definition) is 2. The summed E-state index contributed by atoms with van der Waals surface area (Å²) in [6.45, 7) is 0. The molecule has 3 aromatic rings. The Kier molecular flexibility index (Phi) is 5.64. The highest BCUT2D eigenvalue weighted by molar-refractivity contribution is 6.05. The van der Waals surface area contributed by atoms with Gasteiger partial charge in [-0.05, 0) is 24.3 Å². The minimum absolute atomic E-state index is 0.290. The second-order valence-corrected chi connectivity index (χ2v) is 5.92. The maximum Gasteiger partial charge on any atom is 0.255 e. The van der Waals surface area contributed by atoms with Crippen molar-refractivity contribution in [1.29, 1.82) is 0 Å². The molecule has 0 fully saturated rings. The fraction of sp³-hybridized carbons (Fsp3) is 0.143. The quantitative estimate of drug-likeness (QED) is 0.635. The van der Waals surface area contributed by atoms with Gasteiger partial charge < -0.3 is 25.3 Å². The van der Waals surface area contributed by atoms with Gasteiger partial charge in [0.05, 0.1) is 27.0 Å². The number of nitrogen functional groups attached to an aromatic ring is 1. The molecule has 3 rings (SSSR count). The number of carbonyl (C=O) groups is 1. The minimum atomic E-state index is -0.290. The number of benzene rings is 2. The zero-order valence-electron chi connectivity index (χ0n) is 15.9. The summed E-state index contributed by atoms with van der Waals surface area (Å²) in [7, 11) is 4.56. The number of rotatable bonds is 6. The van der Waals surface area contributed by atoms with Gasteiger partial charge in [0.2, 0.25) is 5.75 Å². The molecule has 0 radical (unpaired) electrons. The van der Waals surface area contributed by atoms with Gasteiger partial charge in [0.15, 0.2) is 11.5 Å². The topological polar surface area (TPSA) is 95.7 Å². The first kappa shape index (κ1) is 19.0. The molecule has 0 aliphatic rings. The lowest BCUT2D eigenvalue weighted by Crippen LogP contribution is -2.12. The molecule has 0 atom stereocenters. The third-order valence-electron chi connectivity index (χ3n) is 4.13. The number of nitrogens with two attached hydrogens (primary N) is 1. The van der Waals surface area contributed by atoms with Crippen LogP contribution in [0.4, 0.5) is 11.4 Å². The number of aromatic nitrogens is 1. The van der Waals surface area contributed by atoms with Gasteiger partial charge in [-0.2, -0.15) is 0 Å². The van der Waals surface area contributed by atoms with Crippen LogP contribution in [0, 0.1) is 0 Å². The fourth-order valence-electron chi connectivity index (χ4n) is 2.78. The Morgan fingerprint density at radius 3 is 2.29 bits per heavy atom. The Bertz CT molecular complexity index is 979. The molecule has 28 heavy (non-hydrogen) atoms. The molecule has 144 valence electrons. The van der Waals surface area contributed by atoms with Gasteiger partial charge in [0.25, 0.3) is 5.91 Å². The summed E-state index contributed by atoms with van der Waals surface area (Å²) in [5.41, 5.74) is 8.93. The van der Waals surface area contributed by atoms with Crippen molar-refractivity contribution < 1.29 is 19.0 Å². The minimum Gasteiger partial charge on any atom is -0.493 e. The summed E-state index contributed by atoms with van der Waals surface area (Å²) in [6, 6.07) is 14.0. The number of carbonyl (C=O) groups excluding carboxylic acids is 1. The maximum absolute atomic E-state index is 12.7. The van der Waals surface area contributed by atoms with E-state index >= 15 is 0 Å². The Morgan fingerprint density at radius 1 is 0.964 bits per heavy atom. The molecule has 0 saturated heterocycles. The molecule has 0 bridgehead atoms. The number of methoxy groups -OCH3 is 3. The molecule has 1 amide bonds. The molecular formula is C21H21N3O4. The second-order valence-electron chi connectivity index (χ2n) is 5.92. The highest BCUT2D eigenvalue weighted by Gasteiger charge is 2.15. The summed E-state index contributed by atoms with van der Waals surface area (Å²) in [5, 5.41) is 2.84. The van der Waals surface area contributed by atoms with Gasteiger partial charge in [-0.15, -0.1) is 0 Å². The molecule has 3 N–H and O–H groups in total. The number of anilines is 2. The first-order valence-electron chi connectivity index (χ1n) is 8.49. The Hall–Kier alpha value is -3.74. The summed E-state index contributed by atoms with van der Waals surface area (Å²) in [6.07, 6.45) is 1.59. The normalized spacial score (nSPS) is 10.2.